The first-order valence-electron chi connectivity index (χ1n) is 7.74. The molecular weight excluding hydrogens is 358 g/mol. The molecule has 1 atom stereocenters. The van der Waals surface area contributed by atoms with Gasteiger partial charge in [-0.05, 0) is 48.9 Å². The van der Waals surface area contributed by atoms with E-state index < -0.39 is 12.0 Å². The van der Waals surface area contributed by atoms with Gasteiger partial charge in [-0.1, -0.05) is 23.7 Å². The predicted octanol–water partition coefficient (Wildman–Crippen LogP) is 2.19. The number of carbonyl (C=O) groups is 2. The molecule has 8 heteroatoms. The van der Waals surface area contributed by atoms with Crippen LogP contribution in [0.5, 0.6) is 5.75 Å². The zero-order valence-corrected chi connectivity index (χ0v) is 14.7. The molecule has 0 spiro atoms. The highest BCUT2D eigenvalue weighted by molar-refractivity contribution is 6.33. The van der Waals surface area contributed by atoms with Gasteiger partial charge >= 0.3 is 0 Å². The summed E-state index contributed by atoms with van der Waals surface area (Å²) in [5.41, 5.74) is 3.43. The minimum absolute atomic E-state index is 0.164. The van der Waals surface area contributed by atoms with Crippen molar-refractivity contribution in [2.24, 2.45) is 5.10 Å². The van der Waals surface area contributed by atoms with E-state index in [4.69, 9.17) is 21.4 Å². The molecule has 7 nitrogen and oxygen atoms in total. The summed E-state index contributed by atoms with van der Waals surface area (Å²) in [6.45, 7) is 1.18. The second-order valence-corrected chi connectivity index (χ2v) is 5.70. The standard InChI is InChI=1S/C18H18ClN3O4/c1-12(23)18(25)22-20-10-13-6-8-14(9-7-13)26-11-17(24)21-16-5-3-2-4-15(16)19/h2-10,12,23H,11H2,1H3,(H,21,24)(H,22,25)/b20-10-/t12-/m0/s1. The summed E-state index contributed by atoms with van der Waals surface area (Å²) >= 11 is 5.97. The van der Waals surface area contributed by atoms with Gasteiger partial charge in [0.25, 0.3) is 11.8 Å². The molecule has 26 heavy (non-hydrogen) atoms. The molecule has 2 aromatic rings. The zero-order chi connectivity index (χ0) is 18.9. The van der Waals surface area contributed by atoms with Gasteiger partial charge in [0.1, 0.15) is 11.9 Å². The predicted molar refractivity (Wildman–Crippen MR) is 99.4 cm³/mol. The van der Waals surface area contributed by atoms with Crippen molar-refractivity contribution in [3.63, 3.8) is 0 Å². The molecule has 0 radical (unpaired) electrons. The summed E-state index contributed by atoms with van der Waals surface area (Å²) in [6, 6.07) is 13.7. The number of halogens is 1. The highest BCUT2D eigenvalue weighted by Gasteiger charge is 2.07. The molecule has 136 valence electrons. The summed E-state index contributed by atoms with van der Waals surface area (Å²) in [5.74, 6) is -0.417. The fourth-order valence-electron chi connectivity index (χ4n) is 1.81. The van der Waals surface area contributed by atoms with Crippen LogP contribution in [0.1, 0.15) is 12.5 Å². The molecule has 0 bridgehead atoms. The van der Waals surface area contributed by atoms with E-state index in [9.17, 15) is 9.59 Å². The monoisotopic (exact) mass is 375 g/mol. The van der Waals surface area contributed by atoms with Crippen LogP contribution >= 0.6 is 11.6 Å². The molecule has 0 aromatic heterocycles. The van der Waals surface area contributed by atoms with Crippen LogP contribution in [0, 0.1) is 0 Å². The highest BCUT2D eigenvalue weighted by atomic mass is 35.5. The molecule has 2 rings (SSSR count). The Morgan fingerprint density at radius 1 is 1.23 bits per heavy atom. The number of para-hydroxylation sites is 1. The third-order valence-corrected chi connectivity index (χ3v) is 3.50. The van der Waals surface area contributed by atoms with E-state index >= 15 is 0 Å². The van der Waals surface area contributed by atoms with Crippen LogP contribution < -0.4 is 15.5 Å². The number of anilines is 1. The average molecular weight is 376 g/mol. The SMILES string of the molecule is C[C@H](O)C(=O)N/N=C\c1ccc(OCC(=O)Nc2ccccc2Cl)cc1. The molecular formula is C18H18ClN3O4. The van der Waals surface area contributed by atoms with E-state index in [2.05, 4.69) is 15.8 Å². The van der Waals surface area contributed by atoms with Gasteiger partial charge in [0.05, 0.1) is 16.9 Å². The number of aliphatic hydroxyl groups is 1. The Bertz CT molecular complexity index is 791. The maximum absolute atomic E-state index is 11.9. The average Bonchev–Trinajstić information content (AvgIpc) is 2.63. The summed E-state index contributed by atoms with van der Waals surface area (Å²) in [4.78, 5) is 23.0. The van der Waals surface area contributed by atoms with E-state index in [1.807, 2.05) is 0 Å². The Balaban J connectivity index is 1.81. The number of hydrogen-bond donors (Lipinski definition) is 3. The Kier molecular flexibility index (Phi) is 7.13. The van der Waals surface area contributed by atoms with Crippen molar-refractivity contribution < 1.29 is 19.4 Å². The third kappa shape index (κ3) is 6.19. The zero-order valence-electron chi connectivity index (χ0n) is 14.0. The van der Waals surface area contributed by atoms with Gasteiger partial charge in [-0.3, -0.25) is 9.59 Å². The molecule has 0 unspecified atom stereocenters. The molecule has 0 heterocycles. The van der Waals surface area contributed by atoms with E-state index in [0.29, 0.717) is 22.0 Å². The van der Waals surface area contributed by atoms with Gasteiger partial charge in [0, 0.05) is 0 Å². The fourth-order valence-corrected chi connectivity index (χ4v) is 1.99. The fraction of sp³-hybridized carbons (Fsp3) is 0.167. The minimum atomic E-state index is -1.13. The van der Waals surface area contributed by atoms with Crippen LogP contribution in [-0.2, 0) is 9.59 Å². The molecule has 0 aliphatic carbocycles. The highest BCUT2D eigenvalue weighted by Crippen LogP contribution is 2.20. The number of carbonyl (C=O) groups excluding carboxylic acids is 2. The van der Waals surface area contributed by atoms with Gasteiger partial charge in [-0.25, -0.2) is 5.43 Å². The Morgan fingerprint density at radius 2 is 1.92 bits per heavy atom. The lowest BCUT2D eigenvalue weighted by Crippen LogP contribution is -2.28. The molecule has 0 saturated heterocycles. The lowest BCUT2D eigenvalue weighted by molar-refractivity contribution is -0.128. The summed E-state index contributed by atoms with van der Waals surface area (Å²) in [5, 5.41) is 15.9. The van der Waals surface area contributed by atoms with Gasteiger partial charge < -0.3 is 15.2 Å². The maximum atomic E-state index is 11.9. The number of amides is 2. The number of aliphatic hydroxyl groups excluding tert-OH is 1. The van der Waals surface area contributed by atoms with Crippen LogP contribution in [-0.4, -0.2) is 35.8 Å². The van der Waals surface area contributed by atoms with Crippen LogP contribution in [0.4, 0.5) is 5.69 Å². The Labute approximate surface area is 155 Å². The lowest BCUT2D eigenvalue weighted by Gasteiger charge is -2.08. The largest absolute Gasteiger partial charge is 0.484 e. The molecule has 0 fully saturated rings. The van der Waals surface area contributed by atoms with Crippen LogP contribution in [0.3, 0.4) is 0 Å². The molecule has 3 N–H and O–H groups in total. The first kappa shape index (κ1) is 19.4. The summed E-state index contributed by atoms with van der Waals surface area (Å²) < 4.78 is 5.41. The molecule has 0 saturated carbocycles. The minimum Gasteiger partial charge on any atom is -0.484 e. The van der Waals surface area contributed by atoms with E-state index in [0.717, 1.165) is 0 Å². The number of hydrazone groups is 1. The lowest BCUT2D eigenvalue weighted by atomic mass is 10.2. The number of nitrogens with zero attached hydrogens (tertiary/aromatic N) is 1. The van der Waals surface area contributed by atoms with Crippen LogP contribution in [0.15, 0.2) is 53.6 Å². The topological polar surface area (TPSA) is 100 Å². The first-order valence-corrected chi connectivity index (χ1v) is 8.11. The number of rotatable bonds is 7. The van der Waals surface area contributed by atoms with Crippen LogP contribution in [0.2, 0.25) is 5.02 Å². The smallest absolute Gasteiger partial charge is 0.268 e. The second-order valence-electron chi connectivity index (χ2n) is 5.30. The quantitative estimate of drug-likeness (QED) is 0.510. The van der Waals surface area contributed by atoms with Crippen molar-refractivity contribution in [2.75, 3.05) is 11.9 Å². The summed E-state index contributed by atoms with van der Waals surface area (Å²) in [6.07, 6.45) is 0.300. The van der Waals surface area contributed by atoms with E-state index in [-0.39, 0.29) is 12.5 Å². The van der Waals surface area contributed by atoms with Crippen molar-refractivity contribution in [3.8, 4) is 5.75 Å². The van der Waals surface area contributed by atoms with E-state index in [1.54, 1.807) is 48.5 Å². The maximum Gasteiger partial charge on any atom is 0.268 e. The van der Waals surface area contributed by atoms with Gasteiger partial charge in [-0.2, -0.15) is 5.10 Å². The van der Waals surface area contributed by atoms with Crippen molar-refractivity contribution in [2.45, 2.75) is 13.0 Å². The van der Waals surface area contributed by atoms with Crippen LogP contribution in [0.25, 0.3) is 0 Å². The van der Waals surface area contributed by atoms with Crippen molar-refractivity contribution >= 4 is 35.3 Å². The number of ether oxygens (including phenoxy) is 1. The van der Waals surface area contributed by atoms with Crippen molar-refractivity contribution in [1.29, 1.82) is 0 Å². The second kappa shape index (κ2) is 9.55. The molecule has 0 aliphatic heterocycles. The summed E-state index contributed by atoms with van der Waals surface area (Å²) in [7, 11) is 0. The van der Waals surface area contributed by atoms with E-state index in [1.165, 1.54) is 13.1 Å². The Hall–Kier alpha value is -2.90. The van der Waals surface area contributed by atoms with Crippen molar-refractivity contribution in [1.82, 2.24) is 5.43 Å². The molecule has 0 aliphatic rings. The number of hydrogen-bond acceptors (Lipinski definition) is 5. The van der Waals surface area contributed by atoms with Gasteiger partial charge in [0.2, 0.25) is 0 Å². The van der Waals surface area contributed by atoms with Gasteiger partial charge in [-0.15, -0.1) is 0 Å². The van der Waals surface area contributed by atoms with Gasteiger partial charge in [0.15, 0.2) is 6.61 Å². The number of benzene rings is 2. The normalized spacial score (nSPS) is 11.8. The Morgan fingerprint density at radius 3 is 2.58 bits per heavy atom. The molecule has 2 amide bonds. The first-order chi connectivity index (χ1) is 12.5. The van der Waals surface area contributed by atoms with Crippen molar-refractivity contribution in [3.05, 3.63) is 59.1 Å². The number of nitrogens with one attached hydrogen (secondary N) is 2. The molecule has 2 aromatic carbocycles. The third-order valence-electron chi connectivity index (χ3n) is 3.17.